The zero-order chi connectivity index (χ0) is 37.3. The molecule has 7 rings (SSSR count). The van der Waals surface area contributed by atoms with Gasteiger partial charge >= 0.3 is 5.69 Å². The Labute approximate surface area is 325 Å². The van der Waals surface area contributed by atoms with Gasteiger partial charge in [-0.15, -0.1) is 0 Å². The molecule has 2 fully saturated rings. The van der Waals surface area contributed by atoms with E-state index in [9.17, 15) is 9.59 Å². The molecule has 5 aromatic rings. The molecular weight excluding hydrogens is 764 g/mol. The Kier molecular flexibility index (Phi) is 11.1. The highest BCUT2D eigenvalue weighted by Crippen LogP contribution is 2.40. The zero-order valence-corrected chi connectivity index (χ0v) is 32.0. The third-order valence-electron chi connectivity index (χ3n) is 9.61. The molecular formula is C37H37Cl4N7O5. The summed E-state index contributed by atoms with van der Waals surface area (Å²) in [5, 5.41) is 9.06. The summed E-state index contributed by atoms with van der Waals surface area (Å²) >= 11 is 24.9. The Morgan fingerprint density at radius 3 is 2.15 bits per heavy atom. The number of anilines is 2. The van der Waals surface area contributed by atoms with Crippen molar-refractivity contribution in [2.24, 2.45) is 0 Å². The molecule has 0 spiro atoms. The van der Waals surface area contributed by atoms with Crippen LogP contribution in [-0.2, 0) is 21.8 Å². The van der Waals surface area contributed by atoms with Crippen LogP contribution in [0.25, 0.3) is 5.69 Å². The van der Waals surface area contributed by atoms with Crippen molar-refractivity contribution in [2.45, 2.75) is 44.7 Å². The van der Waals surface area contributed by atoms with Gasteiger partial charge in [0.1, 0.15) is 36.4 Å². The number of nitrogens with zero attached hydrogens (tertiary/aromatic N) is 7. The molecule has 12 nitrogen and oxygen atoms in total. The quantitative estimate of drug-likeness (QED) is 0.142. The fourth-order valence-electron chi connectivity index (χ4n) is 6.47. The molecule has 3 aromatic carbocycles. The number of ether oxygens (including phenoxy) is 3. The van der Waals surface area contributed by atoms with Crippen LogP contribution < -0.4 is 25.8 Å². The van der Waals surface area contributed by atoms with Crippen molar-refractivity contribution >= 4 is 57.8 Å². The lowest BCUT2D eigenvalue weighted by molar-refractivity contribution is -0.191. The lowest BCUT2D eigenvalue weighted by Gasteiger charge is -2.37. The van der Waals surface area contributed by atoms with Crippen molar-refractivity contribution in [1.29, 1.82) is 0 Å². The van der Waals surface area contributed by atoms with Crippen LogP contribution in [0.4, 0.5) is 11.4 Å². The summed E-state index contributed by atoms with van der Waals surface area (Å²) in [6, 6.07) is 21.0. The standard InChI is InChI=1S/C37H37Cl4N7O5/c1-3-24(2)48-36(50)46(23-43-48)28-7-5-26(6-8-28)44-14-16-45(17-15-44)27-9-11-29(12-10-27)51-20-30-21-52-37(53-30,31-13-4-25(38)18-32(31)39)22-47-35(49)34(41)33(40)19-42-47/h4-13,18-19,23-24,30H,3,14-17,20-22H2,1-2H3/t24?,30-,37-/m1/s1. The van der Waals surface area contributed by atoms with Crippen LogP contribution in [-0.4, -0.2) is 69.6 Å². The molecule has 16 heteroatoms. The number of hydrogen-bond acceptors (Lipinski definition) is 9. The van der Waals surface area contributed by atoms with Crippen LogP contribution in [0.5, 0.6) is 5.75 Å². The minimum absolute atomic E-state index is 0.0451. The summed E-state index contributed by atoms with van der Waals surface area (Å²) in [5.41, 5.74) is 2.76. The molecule has 3 atom stereocenters. The molecule has 0 amide bonds. The van der Waals surface area contributed by atoms with E-state index >= 15 is 0 Å². The van der Waals surface area contributed by atoms with Crippen LogP contribution in [0.3, 0.4) is 0 Å². The first-order chi connectivity index (χ1) is 25.5. The second-order valence-corrected chi connectivity index (χ2v) is 14.6. The van der Waals surface area contributed by atoms with Crippen LogP contribution in [0.2, 0.25) is 20.1 Å². The van der Waals surface area contributed by atoms with Gasteiger partial charge < -0.3 is 24.0 Å². The van der Waals surface area contributed by atoms with Crippen molar-refractivity contribution < 1.29 is 14.2 Å². The fraction of sp³-hybridized carbons (Fsp3) is 0.351. The second kappa shape index (κ2) is 15.7. The Balaban J connectivity index is 0.950. The van der Waals surface area contributed by atoms with Gasteiger partial charge in [0, 0.05) is 48.1 Å². The molecule has 2 aromatic heterocycles. The van der Waals surface area contributed by atoms with Crippen LogP contribution in [0.1, 0.15) is 31.9 Å². The van der Waals surface area contributed by atoms with E-state index in [2.05, 4.69) is 32.1 Å². The van der Waals surface area contributed by atoms with Crippen LogP contribution in [0, 0.1) is 0 Å². The SMILES string of the molecule is CCC(C)n1ncn(-c2ccc(N3CCN(c4ccc(OC[C@@H]5CO[C@@](Cn6ncc(Cl)c(Cl)c6=O)(c6ccc(Cl)cc6Cl)O5)cc4)CC3)cc2)c1=O. The van der Waals surface area contributed by atoms with Gasteiger partial charge in [-0.05, 0) is 74.0 Å². The van der Waals surface area contributed by atoms with E-state index in [1.807, 2.05) is 50.2 Å². The van der Waals surface area contributed by atoms with Crippen molar-refractivity contribution in [1.82, 2.24) is 24.1 Å². The summed E-state index contributed by atoms with van der Waals surface area (Å²) in [7, 11) is 0. The molecule has 0 bridgehead atoms. The van der Waals surface area contributed by atoms with Crippen LogP contribution >= 0.6 is 46.4 Å². The molecule has 53 heavy (non-hydrogen) atoms. The van der Waals surface area contributed by atoms with Crippen molar-refractivity contribution in [3.05, 3.63) is 126 Å². The molecule has 0 radical (unpaired) electrons. The van der Waals surface area contributed by atoms with E-state index in [1.54, 1.807) is 29.1 Å². The average molecular weight is 802 g/mol. The van der Waals surface area contributed by atoms with Crippen molar-refractivity contribution in [2.75, 3.05) is 49.2 Å². The van der Waals surface area contributed by atoms with Gasteiger partial charge in [-0.3, -0.25) is 4.79 Å². The average Bonchev–Trinajstić information content (AvgIpc) is 3.77. The van der Waals surface area contributed by atoms with E-state index < -0.39 is 17.5 Å². The van der Waals surface area contributed by atoms with Crippen molar-refractivity contribution in [3.8, 4) is 11.4 Å². The van der Waals surface area contributed by atoms with Gasteiger partial charge in [0.15, 0.2) is 0 Å². The number of benzene rings is 3. The topological polar surface area (TPSA) is 109 Å². The van der Waals surface area contributed by atoms with E-state index in [0.29, 0.717) is 21.4 Å². The third kappa shape index (κ3) is 7.80. The van der Waals surface area contributed by atoms with Crippen LogP contribution in [0.15, 0.2) is 88.8 Å². The highest BCUT2D eigenvalue weighted by Gasteiger charge is 2.46. The maximum Gasteiger partial charge on any atom is 0.350 e. The molecule has 2 saturated heterocycles. The second-order valence-electron chi connectivity index (χ2n) is 13.0. The summed E-state index contributed by atoms with van der Waals surface area (Å²) in [6.45, 7) is 7.65. The molecule has 0 saturated carbocycles. The van der Waals surface area contributed by atoms with E-state index in [0.717, 1.165) is 54.3 Å². The summed E-state index contributed by atoms with van der Waals surface area (Å²) < 4.78 is 23.0. The van der Waals surface area contributed by atoms with Gasteiger partial charge in [0.05, 0.1) is 34.6 Å². The van der Waals surface area contributed by atoms with Gasteiger partial charge in [0.2, 0.25) is 5.79 Å². The zero-order valence-electron chi connectivity index (χ0n) is 29.0. The highest BCUT2D eigenvalue weighted by molar-refractivity contribution is 6.41. The minimum Gasteiger partial charge on any atom is -0.491 e. The lowest BCUT2D eigenvalue weighted by atomic mass is 10.1. The predicted octanol–water partition coefficient (Wildman–Crippen LogP) is 6.85. The molecule has 2 aliphatic rings. The molecule has 4 heterocycles. The molecule has 0 aliphatic carbocycles. The Hall–Kier alpha value is -4.04. The fourth-order valence-corrected chi connectivity index (χ4v) is 7.29. The van der Waals surface area contributed by atoms with Gasteiger partial charge in [-0.25, -0.2) is 18.7 Å². The Bertz CT molecular complexity index is 2190. The molecule has 0 N–H and O–H groups in total. The predicted molar refractivity (Wildman–Crippen MR) is 207 cm³/mol. The van der Waals surface area contributed by atoms with Gasteiger partial charge in [-0.2, -0.15) is 10.2 Å². The monoisotopic (exact) mass is 799 g/mol. The molecule has 2 aliphatic heterocycles. The normalized spacial score (nSPS) is 19.5. The first-order valence-corrected chi connectivity index (χ1v) is 18.7. The third-order valence-corrected chi connectivity index (χ3v) is 10.9. The number of hydrogen-bond donors (Lipinski definition) is 0. The Morgan fingerprint density at radius 1 is 0.868 bits per heavy atom. The maximum atomic E-state index is 12.9. The largest absolute Gasteiger partial charge is 0.491 e. The number of halogens is 4. The summed E-state index contributed by atoms with van der Waals surface area (Å²) in [5.74, 6) is -0.789. The molecule has 278 valence electrons. The van der Waals surface area contributed by atoms with E-state index in [-0.39, 0.29) is 41.5 Å². The minimum atomic E-state index is -1.46. The first-order valence-electron chi connectivity index (χ1n) is 17.2. The number of aromatic nitrogens is 5. The lowest BCUT2D eigenvalue weighted by Crippen LogP contribution is -2.46. The van der Waals surface area contributed by atoms with Crippen molar-refractivity contribution in [3.63, 3.8) is 0 Å². The smallest absolute Gasteiger partial charge is 0.350 e. The van der Waals surface area contributed by atoms with E-state index in [4.69, 9.17) is 60.6 Å². The summed E-state index contributed by atoms with van der Waals surface area (Å²) in [4.78, 5) is 30.4. The van der Waals surface area contributed by atoms with E-state index in [1.165, 1.54) is 10.9 Å². The highest BCUT2D eigenvalue weighted by atomic mass is 35.5. The number of piperazine rings is 1. The summed E-state index contributed by atoms with van der Waals surface area (Å²) in [6.07, 6.45) is 3.22. The Morgan fingerprint density at radius 2 is 1.51 bits per heavy atom. The first kappa shape index (κ1) is 37.3. The molecule has 1 unspecified atom stereocenters. The maximum absolute atomic E-state index is 12.9. The number of rotatable bonds is 11. The van der Waals surface area contributed by atoms with Gasteiger partial charge in [0.25, 0.3) is 5.56 Å². The van der Waals surface area contributed by atoms with Gasteiger partial charge in [-0.1, -0.05) is 59.4 Å².